The van der Waals surface area contributed by atoms with E-state index < -0.39 is 11.9 Å². The summed E-state index contributed by atoms with van der Waals surface area (Å²) in [7, 11) is 0. The quantitative estimate of drug-likeness (QED) is 0.915. The molecule has 1 N–H and O–H groups in total. The van der Waals surface area contributed by atoms with Crippen LogP contribution in [0.2, 0.25) is 0 Å². The fourth-order valence-electron chi connectivity index (χ4n) is 3.74. The summed E-state index contributed by atoms with van der Waals surface area (Å²) in [6, 6.07) is 9.26. The minimum absolute atomic E-state index is 0.0985. The van der Waals surface area contributed by atoms with Gasteiger partial charge in [-0.1, -0.05) is 12.1 Å². The Hall–Kier alpha value is -2.63. The van der Waals surface area contributed by atoms with Crippen molar-refractivity contribution in [2.45, 2.75) is 46.2 Å². The Morgan fingerprint density at radius 1 is 1.27 bits per heavy atom. The number of likely N-dealkylation sites (tertiary alicyclic amines) is 1. The van der Waals surface area contributed by atoms with Crippen molar-refractivity contribution in [3.05, 3.63) is 52.8 Å². The first kappa shape index (κ1) is 18.2. The van der Waals surface area contributed by atoms with Gasteiger partial charge >= 0.3 is 5.97 Å². The van der Waals surface area contributed by atoms with Crippen LogP contribution in [0.25, 0.3) is 0 Å². The van der Waals surface area contributed by atoms with Crippen LogP contribution in [0.15, 0.2) is 30.3 Å². The molecule has 0 saturated carbocycles. The summed E-state index contributed by atoms with van der Waals surface area (Å²) in [4.78, 5) is 26.1. The average molecular weight is 355 g/mol. The Morgan fingerprint density at radius 3 is 2.69 bits per heavy atom. The van der Waals surface area contributed by atoms with Gasteiger partial charge < -0.3 is 10.0 Å². The number of benzene rings is 1. The first-order valence-corrected chi connectivity index (χ1v) is 9.00. The molecule has 1 fully saturated rings. The SMILES string of the molecule is Cc1cc(C)n(Cc2cccc(C(=O)N3CCC[C@@H](C(=O)O)[C@H]3C)c2)n1. The second-order valence-corrected chi connectivity index (χ2v) is 7.11. The number of nitrogens with zero attached hydrogens (tertiary/aromatic N) is 3. The van der Waals surface area contributed by atoms with Crippen molar-refractivity contribution in [2.24, 2.45) is 5.92 Å². The molecule has 1 amide bonds. The lowest BCUT2D eigenvalue weighted by molar-refractivity contribution is -0.144. The number of carboxylic acid groups (broad SMARTS) is 1. The minimum atomic E-state index is -0.826. The molecular weight excluding hydrogens is 330 g/mol. The molecule has 1 aromatic carbocycles. The number of piperidine rings is 1. The molecule has 2 aromatic rings. The van der Waals surface area contributed by atoms with Gasteiger partial charge in [0.1, 0.15) is 0 Å². The predicted molar refractivity (Wildman–Crippen MR) is 98.1 cm³/mol. The minimum Gasteiger partial charge on any atom is -0.481 e. The van der Waals surface area contributed by atoms with Gasteiger partial charge in [0.25, 0.3) is 5.91 Å². The third-order valence-electron chi connectivity index (χ3n) is 5.18. The van der Waals surface area contributed by atoms with Crippen molar-refractivity contribution < 1.29 is 14.7 Å². The zero-order chi connectivity index (χ0) is 18.8. The van der Waals surface area contributed by atoms with E-state index in [0.29, 0.717) is 25.1 Å². The molecule has 6 nitrogen and oxygen atoms in total. The van der Waals surface area contributed by atoms with Crippen molar-refractivity contribution >= 4 is 11.9 Å². The van der Waals surface area contributed by atoms with Gasteiger partial charge in [0.2, 0.25) is 0 Å². The lowest BCUT2D eigenvalue weighted by atomic mass is 9.89. The van der Waals surface area contributed by atoms with E-state index in [9.17, 15) is 14.7 Å². The highest BCUT2D eigenvalue weighted by Crippen LogP contribution is 2.25. The van der Waals surface area contributed by atoms with Gasteiger partial charge in [-0.2, -0.15) is 5.10 Å². The molecule has 0 spiro atoms. The molecular formula is C20H25N3O3. The normalized spacial score (nSPS) is 20.2. The number of rotatable bonds is 4. The summed E-state index contributed by atoms with van der Waals surface area (Å²) in [6.45, 7) is 7.01. The molecule has 0 radical (unpaired) electrons. The van der Waals surface area contributed by atoms with Gasteiger partial charge in [0.05, 0.1) is 18.2 Å². The molecule has 1 aliphatic rings. The van der Waals surface area contributed by atoms with E-state index in [0.717, 1.165) is 23.4 Å². The molecule has 6 heteroatoms. The highest BCUT2D eigenvalue weighted by atomic mass is 16.4. The number of carboxylic acids is 1. The number of aliphatic carboxylic acids is 1. The van der Waals surface area contributed by atoms with Crippen LogP contribution in [0.1, 0.15) is 47.1 Å². The van der Waals surface area contributed by atoms with Crippen molar-refractivity contribution in [1.82, 2.24) is 14.7 Å². The molecule has 138 valence electrons. The molecule has 1 aliphatic heterocycles. The molecule has 0 bridgehead atoms. The third-order valence-corrected chi connectivity index (χ3v) is 5.18. The van der Waals surface area contributed by atoms with Crippen molar-refractivity contribution in [3.63, 3.8) is 0 Å². The number of amides is 1. The summed E-state index contributed by atoms with van der Waals surface area (Å²) in [5.74, 6) is -1.42. The molecule has 26 heavy (non-hydrogen) atoms. The lowest BCUT2D eigenvalue weighted by Gasteiger charge is -2.37. The number of hydrogen-bond donors (Lipinski definition) is 1. The highest BCUT2D eigenvalue weighted by molar-refractivity contribution is 5.95. The van der Waals surface area contributed by atoms with E-state index in [2.05, 4.69) is 5.10 Å². The Labute approximate surface area is 153 Å². The van der Waals surface area contributed by atoms with Gasteiger partial charge in [-0.15, -0.1) is 0 Å². The summed E-state index contributed by atoms with van der Waals surface area (Å²) in [5, 5.41) is 13.8. The standard InChI is InChI=1S/C20H25N3O3/c1-13-10-14(2)23(21-13)12-16-6-4-7-17(11-16)19(24)22-9-5-8-18(15(22)3)20(25)26/h4,6-7,10-11,15,18H,5,8-9,12H2,1-3H3,(H,25,26)/t15-,18-/m1/s1. The Kier molecular flexibility index (Phi) is 5.11. The van der Waals surface area contributed by atoms with Crippen LogP contribution < -0.4 is 0 Å². The number of carbonyl (C=O) groups excluding carboxylic acids is 1. The number of aromatic nitrogens is 2. The first-order chi connectivity index (χ1) is 12.4. The zero-order valence-electron chi connectivity index (χ0n) is 15.5. The maximum Gasteiger partial charge on any atom is 0.308 e. The zero-order valence-corrected chi connectivity index (χ0v) is 15.5. The molecule has 2 atom stereocenters. The number of aryl methyl sites for hydroxylation is 2. The smallest absolute Gasteiger partial charge is 0.308 e. The largest absolute Gasteiger partial charge is 0.481 e. The summed E-state index contributed by atoms with van der Waals surface area (Å²) < 4.78 is 1.92. The Morgan fingerprint density at radius 2 is 2.04 bits per heavy atom. The van der Waals surface area contributed by atoms with E-state index in [1.165, 1.54) is 0 Å². The van der Waals surface area contributed by atoms with E-state index in [1.807, 2.05) is 49.7 Å². The molecule has 1 saturated heterocycles. The first-order valence-electron chi connectivity index (χ1n) is 9.00. The van der Waals surface area contributed by atoms with E-state index in [1.54, 1.807) is 11.0 Å². The maximum atomic E-state index is 13.0. The van der Waals surface area contributed by atoms with Crippen LogP contribution in [0.4, 0.5) is 0 Å². The Balaban J connectivity index is 1.80. The molecule has 3 rings (SSSR count). The molecule has 1 aromatic heterocycles. The summed E-state index contributed by atoms with van der Waals surface area (Å²) in [6.07, 6.45) is 1.34. The van der Waals surface area contributed by atoms with E-state index >= 15 is 0 Å². The van der Waals surface area contributed by atoms with Crippen LogP contribution in [-0.4, -0.2) is 44.3 Å². The molecule has 0 aliphatic carbocycles. The van der Waals surface area contributed by atoms with E-state index in [4.69, 9.17) is 0 Å². The van der Waals surface area contributed by atoms with Crippen LogP contribution in [0.3, 0.4) is 0 Å². The topological polar surface area (TPSA) is 75.4 Å². The number of hydrogen-bond acceptors (Lipinski definition) is 3. The van der Waals surface area contributed by atoms with Crippen molar-refractivity contribution in [3.8, 4) is 0 Å². The van der Waals surface area contributed by atoms with Gasteiger partial charge in [-0.05, 0) is 57.4 Å². The summed E-state index contributed by atoms with van der Waals surface area (Å²) in [5.41, 5.74) is 3.65. The second kappa shape index (κ2) is 7.32. The fraction of sp³-hybridized carbons (Fsp3) is 0.450. The van der Waals surface area contributed by atoms with Crippen molar-refractivity contribution in [2.75, 3.05) is 6.54 Å². The molecule has 0 unspecified atom stereocenters. The van der Waals surface area contributed by atoms with Crippen LogP contribution in [0, 0.1) is 19.8 Å². The van der Waals surface area contributed by atoms with Crippen LogP contribution in [-0.2, 0) is 11.3 Å². The molecule has 2 heterocycles. The summed E-state index contributed by atoms with van der Waals surface area (Å²) >= 11 is 0. The van der Waals surface area contributed by atoms with Gasteiger partial charge in [-0.3, -0.25) is 14.3 Å². The fourth-order valence-corrected chi connectivity index (χ4v) is 3.74. The maximum absolute atomic E-state index is 13.0. The lowest BCUT2D eigenvalue weighted by Crippen LogP contribution is -2.49. The highest BCUT2D eigenvalue weighted by Gasteiger charge is 2.35. The van der Waals surface area contributed by atoms with Crippen molar-refractivity contribution in [1.29, 1.82) is 0 Å². The van der Waals surface area contributed by atoms with Crippen LogP contribution >= 0.6 is 0 Å². The average Bonchev–Trinajstić information content (AvgIpc) is 2.91. The van der Waals surface area contributed by atoms with Crippen LogP contribution in [0.5, 0.6) is 0 Å². The number of carbonyl (C=O) groups is 2. The second-order valence-electron chi connectivity index (χ2n) is 7.11. The van der Waals surface area contributed by atoms with Gasteiger partial charge in [0.15, 0.2) is 0 Å². The Bertz CT molecular complexity index is 827. The third kappa shape index (κ3) is 3.64. The predicted octanol–water partition coefficient (Wildman–Crippen LogP) is 2.87. The van der Waals surface area contributed by atoms with Gasteiger partial charge in [-0.25, -0.2) is 0 Å². The van der Waals surface area contributed by atoms with E-state index in [-0.39, 0.29) is 11.9 Å². The van der Waals surface area contributed by atoms with Gasteiger partial charge in [0, 0.05) is 23.8 Å². The monoisotopic (exact) mass is 355 g/mol.